The summed E-state index contributed by atoms with van der Waals surface area (Å²) in [5.41, 5.74) is 2.92. The minimum absolute atomic E-state index is 0.139. The molecule has 30 heavy (non-hydrogen) atoms. The molecule has 1 heterocycles. The first-order chi connectivity index (χ1) is 14.3. The van der Waals surface area contributed by atoms with E-state index in [1.807, 2.05) is 25.1 Å². The molecular formula is C24H17ClFNO3. The van der Waals surface area contributed by atoms with Crippen molar-refractivity contribution in [3.63, 3.8) is 0 Å². The highest BCUT2D eigenvalue weighted by Crippen LogP contribution is 2.37. The van der Waals surface area contributed by atoms with Crippen molar-refractivity contribution in [2.75, 3.05) is 0 Å². The van der Waals surface area contributed by atoms with Crippen LogP contribution in [0, 0.1) is 19.7 Å². The lowest BCUT2D eigenvalue weighted by Crippen LogP contribution is -2.15. The van der Waals surface area contributed by atoms with E-state index in [1.54, 1.807) is 31.2 Å². The number of para-hydroxylation sites is 1. The highest BCUT2D eigenvalue weighted by Gasteiger charge is 2.24. The van der Waals surface area contributed by atoms with Crippen molar-refractivity contribution in [2.24, 2.45) is 0 Å². The summed E-state index contributed by atoms with van der Waals surface area (Å²) in [7, 11) is 0. The number of halogens is 2. The average molecular weight is 422 g/mol. The van der Waals surface area contributed by atoms with Gasteiger partial charge in [0, 0.05) is 22.2 Å². The molecule has 4 rings (SSSR count). The fourth-order valence-corrected chi connectivity index (χ4v) is 4.14. The summed E-state index contributed by atoms with van der Waals surface area (Å²) in [6, 6.07) is 16.2. The van der Waals surface area contributed by atoms with E-state index in [0.717, 1.165) is 11.6 Å². The first-order valence-corrected chi connectivity index (χ1v) is 9.62. The third-order valence-corrected chi connectivity index (χ3v) is 5.55. The molecule has 1 aromatic heterocycles. The molecule has 0 fully saturated rings. The minimum Gasteiger partial charge on any atom is -0.478 e. The molecule has 0 amide bonds. The molecule has 0 atom stereocenters. The number of hydrogen-bond donors (Lipinski definition) is 1. The van der Waals surface area contributed by atoms with Gasteiger partial charge >= 0.3 is 5.97 Å². The van der Waals surface area contributed by atoms with Crippen molar-refractivity contribution >= 4 is 34.4 Å². The second-order valence-corrected chi connectivity index (χ2v) is 7.46. The fourth-order valence-electron chi connectivity index (χ4n) is 3.83. The second-order valence-electron chi connectivity index (χ2n) is 7.05. The number of hydrogen-bond acceptors (Lipinski definition) is 2. The molecule has 0 saturated heterocycles. The van der Waals surface area contributed by atoms with Gasteiger partial charge in [-0.15, -0.1) is 0 Å². The average Bonchev–Trinajstić information content (AvgIpc) is 2.99. The Kier molecular flexibility index (Phi) is 4.92. The first-order valence-electron chi connectivity index (χ1n) is 9.24. The predicted molar refractivity (Wildman–Crippen MR) is 115 cm³/mol. The third-order valence-electron chi connectivity index (χ3n) is 5.24. The van der Waals surface area contributed by atoms with E-state index >= 15 is 0 Å². The molecule has 4 aromatic rings. The molecule has 1 N–H and O–H groups in total. The Labute approximate surface area is 177 Å². The molecule has 4 nitrogen and oxygen atoms in total. The smallest absolute Gasteiger partial charge is 0.335 e. The number of aromatic carboxylic acids is 1. The Morgan fingerprint density at radius 2 is 1.73 bits per heavy atom. The maximum Gasteiger partial charge on any atom is 0.335 e. The van der Waals surface area contributed by atoms with E-state index in [2.05, 4.69) is 0 Å². The van der Waals surface area contributed by atoms with Crippen LogP contribution in [0.1, 0.15) is 32.0 Å². The summed E-state index contributed by atoms with van der Waals surface area (Å²) in [6.45, 7) is 3.55. The molecule has 0 aliphatic heterocycles. The molecule has 0 aliphatic carbocycles. The number of fused-ring (bicyclic) bond motifs is 1. The van der Waals surface area contributed by atoms with Crippen LogP contribution in [0.4, 0.5) is 4.39 Å². The van der Waals surface area contributed by atoms with E-state index in [0.29, 0.717) is 32.7 Å². The van der Waals surface area contributed by atoms with E-state index in [-0.39, 0.29) is 17.0 Å². The molecule has 0 bridgehead atoms. The van der Waals surface area contributed by atoms with E-state index < -0.39 is 11.8 Å². The van der Waals surface area contributed by atoms with Gasteiger partial charge in [0.25, 0.3) is 5.91 Å². The summed E-state index contributed by atoms with van der Waals surface area (Å²) in [5.74, 6) is -2.17. The number of nitrogens with zero attached hydrogens (tertiary/aromatic N) is 1. The molecule has 0 saturated carbocycles. The molecule has 6 heteroatoms. The monoisotopic (exact) mass is 421 g/mol. The molecule has 0 spiro atoms. The van der Waals surface area contributed by atoms with Gasteiger partial charge in [-0.05, 0) is 43.7 Å². The first kappa shape index (κ1) is 19.9. The van der Waals surface area contributed by atoms with Crippen molar-refractivity contribution in [3.8, 4) is 11.1 Å². The summed E-state index contributed by atoms with van der Waals surface area (Å²) in [6.07, 6.45) is 0. The van der Waals surface area contributed by atoms with Gasteiger partial charge < -0.3 is 5.11 Å². The van der Waals surface area contributed by atoms with Gasteiger partial charge in [-0.3, -0.25) is 9.36 Å². The van der Waals surface area contributed by atoms with Crippen LogP contribution in [-0.4, -0.2) is 21.6 Å². The van der Waals surface area contributed by atoms with Crippen LogP contribution in [0.3, 0.4) is 0 Å². The maximum absolute atomic E-state index is 14.9. The van der Waals surface area contributed by atoms with E-state index in [9.17, 15) is 14.0 Å². The molecule has 0 aliphatic rings. The Hall–Kier alpha value is -3.44. The van der Waals surface area contributed by atoms with Gasteiger partial charge in [-0.25, -0.2) is 9.18 Å². The number of carbonyl (C=O) groups is 2. The molecule has 0 radical (unpaired) electrons. The number of aromatic nitrogens is 1. The number of rotatable bonds is 3. The SMILES string of the molecule is Cc1cccc(Cl)c1C(=O)n1c(C)c(-c2ccc(C(=O)O)cc2F)c2ccccc21. The Bertz CT molecular complexity index is 1320. The quantitative estimate of drug-likeness (QED) is 0.434. The zero-order chi connectivity index (χ0) is 21.6. The molecule has 3 aromatic carbocycles. The van der Waals surface area contributed by atoms with Crippen LogP contribution >= 0.6 is 11.6 Å². The van der Waals surface area contributed by atoms with Crippen molar-refractivity contribution in [1.82, 2.24) is 4.57 Å². The summed E-state index contributed by atoms with van der Waals surface area (Å²) in [5, 5.41) is 10.2. The van der Waals surface area contributed by atoms with Crippen LogP contribution in [0.15, 0.2) is 60.7 Å². The van der Waals surface area contributed by atoms with Crippen molar-refractivity contribution in [2.45, 2.75) is 13.8 Å². The van der Waals surface area contributed by atoms with Crippen LogP contribution in [0.5, 0.6) is 0 Å². The lowest BCUT2D eigenvalue weighted by Gasteiger charge is -2.11. The summed E-state index contributed by atoms with van der Waals surface area (Å²) >= 11 is 6.32. The minimum atomic E-state index is -1.20. The number of carboxylic acid groups (broad SMARTS) is 1. The predicted octanol–water partition coefficient (Wildman–Crippen LogP) is 6.10. The Morgan fingerprint density at radius 3 is 2.40 bits per heavy atom. The molecule has 150 valence electrons. The number of carbonyl (C=O) groups excluding carboxylic acids is 1. The second kappa shape index (κ2) is 7.43. The number of carboxylic acids is 1. The van der Waals surface area contributed by atoms with Crippen molar-refractivity contribution < 1.29 is 19.1 Å². The largest absolute Gasteiger partial charge is 0.478 e. The standard InChI is InChI=1S/C24H17ClFNO3/c1-13-6-5-8-18(25)21(13)23(28)27-14(2)22(17-7-3-4-9-20(17)27)16-11-10-15(24(29)30)12-19(16)26/h3-12H,1-2H3,(H,29,30). The lowest BCUT2D eigenvalue weighted by molar-refractivity contribution is 0.0696. The van der Waals surface area contributed by atoms with Gasteiger partial charge in [-0.2, -0.15) is 0 Å². The number of benzene rings is 3. The van der Waals surface area contributed by atoms with Crippen LogP contribution in [0.2, 0.25) is 5.02 Å². The third kappa shape index (κ3) is 3.08. The van der Waals surface area contributed by atoms with Crippen LogP contribution in [0.25, 0.3) is 22.0 Å². The normalized spacial score (nSPS) is 11.1. The van der Waals surface area contributed by atoms with Crippen molar-refractivity contribution in [1.29, 1.82) is 0 Å². The van der Waals surface area contributed by atoms with E-state index in [4.69, 9.17) is 16.7 Å². The van der Waals surface area contributed by atoms with Gasteiger partial charge in [0.15, 0.2) is 0 Å². The highest BCUT2D eigenvalue weighted by molar-refractivity contribution is 6.34. The molecule has 0 unspecified atom stereocenters. The number of aryl methyl sites for hydroxylation is 1. The van der Waals surface area contributed by atoms with Gasteiger partial charge in [0.05, 0.1) is 21.7 Å². The zero-order valence-corrected chi connectivity index (χ0v) is 17.0. The highest BCUT2D eigenvalue weighted by atomic mass is 35.5. The van der Waals surface area contributed by atoms with Gasteiger partial charge in [-0.1, -0.05) is 48.0 Å². The topological polar surface area (TPSA) is 59.3 Å². The summed E-state index contributed by atoms with van der Waals surface area (Å²) in [4.78, 5) is 24.7. The molecular weight excluding hydrogens is 405 g/mol. The van der Waals surface area contributed by atoms with Crippen LogP contribution in [-0.2, 0) is 0 Å². The van der Waals surface area contributed by atoms with Crippen molar-refractivity contribution in [3.05, 3.63) is 93.9 Å². The van der Waals surface area contributed by atoms with E-state index in [1.165, 1.54) is 16.7 Å². The Morgan fingerprint density at radius 1 is 1.00 bits per heavy atom. The zero-order valence-electron chi connectivity index (χ0n) is 16.2. The van der Waals surface area contributed by atoms with Crippen LogP contribution < -0.4 is 0 Å². The Balaban J connectivity index is 2.01. The summed E-state index contributed by atoms with van der Waals surface area (Å²) < 4.78 is 16.4. The fraction of sp³-hybridized carbons (Fsp3) is 0.0833. The van der Waals surface area contributed by atoms with Gasteiger partial charge in [0.1, 0.15) is 5.82 Å². The maximum atomic E-state index is 14.9. The lowest BCUT2D eigenvalue weighted by atomic mass is 10.00. The van der Waals surface area contributed by atoms with Gasteiger partial charge in [0.2, 0.25) is 0 Å².